The number of rotatable bonds is 33. The fourth-order valence-corrected chi connectivity index (χ4v) is 6.05. The lowest BCUT2D eigenvalue weighted by Gasteiger charge is -2.08. The zero-order chi connectivity index (χ0) is 29.2. The number of allylic oxidation sites excluding steroid dienone is 4. The second-order valence-corrected chi connectivity index (χ2v) is 13.0. The lowest BCUT2D eigenvalue weighted by molar-refractivity contribution is -0.0480. The van der Waals surface area contributed by atoms with Crippen molar-refractivity contribution in [2.24, 2.45) is 0 Å². The van der Waals surface area contributed by atoms with E-state index in [-0.39, 0.29) is 6.29 Å². The molecule has 0 aromatic rings. The maximum absolute atomic E-state index is 5.72. The minimum Gasteiger partial charge on any atom is -0.350 e. The molecule has 3 heteroatoms. The van der Waals surface area contributed by atoms with Crippen LogP contribution in [0.15, 0.2) is 24.3 Å². The first kappa shape index (κ1) is 38.7. The van der Waals surface area contributed by atoms with E-state index in [4.69, 9.17) is 21.1 Å². The Labute approximate surface area is 262 Å². The molecule has 0 radical (unpaired) electrons. The highest BCUT2D eigenvalue weighted by Crippen LogP contribution is 2.16. The van der Waals surface area contributed by atoms with Crippen LogP contribution in [0.3, 0.4) is 0 Å². The fourth-order valence-electron chi connectivity index (χ4n) is 5.86. The van der Waals surface area contributed by atoms with Gasteiger partial charge in [0.15, 0.2) is 6.29 Å². The molecule has 242 valence electrons. The second kappa shape index (κ2) is 34.2. The van der Waals surface area contributed by atoms with Gasteiger partial charge in [0.1, 0.15) is 0 Å². The van der Waals surface area contributed by atoms with Gasteiger partial charge in [-0.3, -0.25) is 0 Å². The van der Waals surface area contributed by atoms with Crippen molar-refractivity contribution >= 4 is 11.6 Å². The van der Waals surface area contributed by atoms with Crippen LogP contribution in [0.25, 0.3) is 0 Å². The van der Waals surface area contributed by atoms with E-state index >= 15 is 0 Å². The molecule has 1 heterocycles. The Kier molecular flexibility index (Phi) is 32.3. The van der Waals surface area contributed by atoms with E-state index in [0.717, 1.165) is 25.5 Å². The molecule has 1 fully saturated rings. The van der Waals surface area contributed by atoms with Gasteiger partial charge in [0.2, 0.25) is 0 Å². The fraction of sp³-hybridized carbons (Fsp3) is 0.895. The lowest BCUT2D eigenvalue weighted by atomic mass is 10.0. The summed E-state index contributed by atoms with van der Waals surface area (Å²) in [5.41, 5.74) is 0. The smallest absolute Gasteiger partial charge is 0.157 e. The Morgan fingerprint density at radius 3 is 0.951 bits per heavy atom. The van der Waals surface area contributed by atoms with Gasteiger partial charge < -0.3 is 9.47 Å². The third kappa shape index (κ3) is 30.9. The van der Waals surface area contributed by atoms with E-state index in [1.54, 1.807) is 0 Å². The number of ether oxygens (including phenoxy) is 2. The van der Waals surface area contributed by atoms with Crippen molar-refractivity contribution < 1.29 is 9.47 Å². The monoisotopic (exact) mass is 595 g/mol. The summed E-state index contributed by atoms with van der Waals surface area (Å²) in [7, 11) is 0. The number of hydrogen-bond donors (Lipinski definition) is 0. The minimum absolute atomic E-state index is 0.0999. The van der Waals surface area contributed by atoms with E-state index in [2.05, 4.69) is 24.3 Å². The zero-order valence-electron chi connectivity index (χ0n) is 27.4. The number of unbranched alkanes of at least 4 members (excludes halogenated alkanes) is 26. The molecule has 0 atom stereocenters. The second-order valence-electron chi connectivity index (χ2n) is 12.6. The standard InChI is InChI=1S/C38H71ClO2/c39-35-33-31-29-27-25-23-21-19-17-15-13-11-9-7-5-3-1-2-4-6-8-10-12-14-16-18-20-22-24-26-28-30-32-34-38-40-36-37-41-38/h11-14,38H,1-10,15-37H2. The summed E-state index contributed by atoms with van der Waals surface area (Å²) < 4.78 is 11.0. The average Bonchev–Trinajstić information content (AvgIpc) is 3.51. The van der Waals surface area contributed by atoms with Crippen LogP contribution in [0.4, 0.5) is 0 Å². The van der Waals surface area contributed by atoms with Gasteiger partial charge in [-0.1, -0.05) is 146 Å². The van der Waals surface area contributed by atoms with Crippen molar-refractivity contribution in [3.63, 3.8) is 0 Å². The molecule has 1 aliphatic rings. The van der Waals surface area contributed by atoms with Crippen molar-refractivity contribution in [3.05, 3.63) is 24.3 Å². The van der Waals surface area contributed by atoms with E-state index in [1.807, 2.05) is 0 Å². The summed E-state index contributed by atoms with van der Waals surface area (Å²) in [6, 6.07) is 0. The largest absolute Gasteiger partial charge is 0.350 e. The summed E-state index contributed by atoms with van der Waals surface area (Å²) >= 11 is 5.72. The molecule has 0 saturated carbocycles. The first-order chi connectivity index (χ1) is 20.4. The van der Waals surface area contributed by atoms with E-state index < -0.39 is 0 Å². The predicted octanol–water partition coefficient (Wildman–Crippen LogP) is 13.4. The minimum atomic E-state index is 0.0999. The molecule has 1 aliphatic heterocycles. The molecule has 0 aromatic carbocycles. The van der Waals surface area contributed by atoms with E-state index in [0.29, 0.717) is 0 Å². The normalized spacial score (nSPS) is 14.4. The first-order valence-electron chi connectivity index (χ1n) is 18.5. The Hall–Kier alpha value is -0.310. The Morgan fingerprint density at radius 2 is 0.634 bits per heavy atom. The number of alkyl halides is 1. The van der Waals surface area contributed by atoms with E-state index in [1.165, 1.54) is 186 Å². The van der Waals surface area contributed by atoms with Gasteiger partial charge >= 0.3 is 0 Å². The summed E-state index contributed by atoms with van der Waals surface area (Å²) in [5.74, 6) is 0.836. The molecule has 0 aromatic heterocycles. The molecular formula is C38H71ClO2. The molecular weight excluding hydrogens is 524 g/mol. The third-order valence-corrected chi connectivity index (χ3v) is 8.85. The summed E-state index contributed by atoms with van der Waals surface area (Å²) in [4.78, 5) is 0. The van der Waals surface area contributed by atoms with Crippen LogP contribution in [0.5, 0.6) is 0 Å². The molecule has 1 rings (SSSR count). The van der Waals surface area contributed by atoms with Gasteiger partial charge in [0.05, 0.1) is 13.2 Å². The van der Waals surface area contributed by atoms with Crippen molar-refractivity contribution in [2.45, 2.75) is 199 Å². The summed E-state index contributed by atoms with van der Waals surface area (Å²) in [6.07, 6.45) is 50.8. The SMILES string of the molecule is ClCCCCCCCCCCCC=CCCCCCCCCCCC=CCCCCCCCCCCC1OCCO1. The molecule has 0 amide bonds. The molecule has 2 nitrogen and oxygen atoms in total. The Balaban J connectivity index is 1.65. The number of halogens is 1. The van der Waals surface area contributed by atoms with Crippen molar-refractivity contribution in [1.82, 2.24) is 0 Å². The van der Waals surface area contributed by atoms with Gasteiger partial charge in [0, 0.05) is 5.88 Å². The highest BCUT2D eigenvalue weighted by Gasteiger charge is 2.14. The van der Waals surface area contributed by atoms with Crippen molar-refractivity contribution in [1.29, 1.82) is 0 Å². The molecule has 0 N–H and O–H groups in total. The zero-order valence-corrected chi connectivity index (χ0v) is 28.2. The summed E-state index contributed by atoms with van der Waals surface area (Å²) in [6.45, 7) is 1.58. The van der Waals surface area contributed by atoms with Crippen molar-refractivity contribution in [3.8, 4) is 0 Å². The molecule has 41 heavy (non-hydrogen) atoms. The molecule has 0 spiro atoms. The quantitative estimate of drug-likeness (QED) is 0.0427. The van der Waals surface area contributed by atoms with Crippen LogP contribution in [-0.4, -0.2) is 25.4 Å². The van der Waals surface area contributed by atoms with Crippen LogP contribution in [-0.2, 0) is 9.47 Å². The van der Waals surface area contributed by atoms with Gasteiger partial charge in [-0.2, -0.15) is 0 Å². The third-order valence-electron chi connectivity index (χ3n) is 8.58. The number of hydrogen-bond acceptors (Lipinski definition) is 2. The maximum Gasteiger partial charge on any atom is 0.157 e. The van der Waals surface area contributed by atoms with Gasteiger partial charge in [-0.25, -0.2) is 0 Å². The van der Waals surface area contributed by atoms with Crippen LogP contribution in [0.1, 0.15) is 193 Å². The van der Waals surface area contributed by atoms with Gasteiger partial charge in [-0.05, 0) is 70.6 Å². The molecule has 0 aliphatic carbocycles. The van der Waals surface area contributed by atoms with Crippen LogP contribution < -0.4 is 0 Å². The average molecular weight is 595 g/mol. The van der Waals surface area contributed by atoms with E-state index in [9.17, 15) is 0 Å². The maximum atomic E-state index is 5.72. The topological polar surface area (TPSA) is 18.5 Å². The van der Waals surface area contributed by atoms with Gasteiger partial charge in [-0.15, -0.1) is 11.6 Å². The predicted molar refractivity (Wildman–Crippen MR) is 183 cm³/mol. The Morgan fingerprint density at radius 1 is 0.366 bits per heavy atom. The van der Waals surface area contributed by atoms with Gasteiger partial charge in [0.25, 0.3) is 0 Å². The highest BCUT2D eigenvalue weighted by atomic mass is 35.5. The molecule has 0 unspecified atom stereocenters. The lowest BCUT2D eigenvalue weighted by Crippen LogP contribution is -2.06. The summed E-state index contributed by atoms with van der Waals surface area (Å²) in [5, 5.41) is 0. The molecule has 1 saturated heterocycles. The van der Waals surface area contributed by atoms with Crippen LogP contribution in [0.2, 0.25) is 0 Å². The Bertz CT molecular complexity index is 540. The van der Waals surface area contributed by atoms with Crippen LogP contribution in [0, 0.1) is 0 Å². The first-order valence-corrected chi connectivity index (χ1v) is 19.1. The van der Waals surface area contributed by atoms with Crippen LogP contribution >= 0.6 is 11.6 Å². The van der Waals surface area contributed by atoms with Crippen molar-refractivity contribution in [2.75, 3.05) is 19.1 Å². The molecule has 0 bridgehead atoms. The highest BCUT2D eigenvalue weighted by molar-refractivity contribution is 6.17.